The molecular weight excluding hydrogens is 246 g/mol. The summed E-state index contributed by atoms with van der Waals surface area (Å²) in [6.45, 7) is 10.1. The molecular formula is C17H31N3. The lowest BCUT2D eigenvalue weighted by Crippen LogP contribution is -2.37. The van der Waals surface area contributed by atoms with Crippen LogP contribution in [0, 0.1) is 11.8 Å². The molecule has 3 atom stereocenters. The predicted molar refractivity (Wildman–Crippen MR) is 84.9 cm³/mol. The molecule has 3 unspecified atom stereocenters. The van der Waals surface area contributed by atoms with Gasteiger partial charge in [-0.1, -0.05) is 20.3 Å². The molecule has 0 saturated heterocycles. The first-order valence-electron chi connectivity index (χ1n) is 8.37. The van der Waals surface area contributed by atoms with Gasteiger partial charge in [-0.15, -0.1) is 0 Å². The highest BCUT2D eigenvalue weighted by Gasteiger charge is 2.28. The van der Waals surface area contributed by atoms with Crippen molar-refractivity contribution in [3.05, 3.63) is 18.0 Å². The van der Waals surface area contributed by atoms with Gasteiger partial charge < -0.3 is 5.32 Å². The van der Waals surface area contributed by atoms with Gasteiger partial charge in [0.2, 0.25) is 0 Å². The normalized spacial score (nSPS) is 24.4. The van der Waals surface area contributed by atoms with Crippen molar-refractivity contribution in [1.29, 1.82) is 0 Å². The van der Waals surface area contributed by atoms with Crippen LogP contribution in [0.15, 0.2) is 12.3 Å². The highest BCUT2D eigenvalue weighted by atomic mass is 15.3. The Bertz CT molecular complexity index is 397. The fraction of sp³-hybridized carbons (Fsp3) is 0.824. The maximum absolute atomic E-state index is 4.72. The molecule has 1 aromatic heterocycles. The molecule has 0 spiro atoms. The Morgan fingerprint density at radius 3 is 2.75 bits per heavy atom. The molecule has 1 N–H and O–H groups in total. The number of rotatable bonds is 7. The summed E-state index contributed by atoms with van der Waals surface area (Å²) in [5, 5.41) is 8.49. The van der Waals surface area contributed by atoms with Gasteiger partial charge >= 0.3 is 0 Å². The van der Waals surface area contributed by atoms with Gasteiger partial charge in [-0.3, -0.25) is 4.68 Å². The Kier molecular flexibility index (Phi) is 5.64. The molecule has 3 heteroatoms. The predicted octanol–water partition coefficient (Wildman–Crippen LogP) is 3.81. The zero-order valence-corrected chi connectivity index (χ0v) is 13.6. The minimum Gasteiger partial charge on any atom is -0.313 e. The standard InChI is InChI=1S/C17H31N3/c1-5-9-18-17(15-7-6-14(4)11-15)12-16-8-10-20(19-16)13(2)3/h8,10,13-15,17-18H,5-7,9,11-12H2,1-4H3. The number of hydrogen-bond acceptors (Lipinski definition) is 2. The molecule has 20 heavy (non-hydrogen) atoms. The van der Waals surface area contributed by atoms with Crippen molar-refractivity contribution in [2.75, 3.05) is 6.54 Å². The van der Waals surface area contributed by atoms with Crippen molar-refractivity contribution in [2.45, 2.75) is 71.9 Å². The first kappa shape index (κ1) is 15.6. The molecule has 1 heterocycles. The van der Waals surface area contributed by atoms with Crippen molar-refractivity contribution in [3.63, 3.8) is 0 Å². The van der Waals surface area contributed by atoms with Crippen molar-refractivity contribution in [2.24, 2.45) is 11.8 Å². The second-order valence-electron chi connectivity index (χ2n) is 6.82. The zero-order valence-electron chi connectivity index (χ0n) is 13.6. The fourth-order valence-corrected chi connectivity index (χ4v) is 3.35. The van der Waals surface area contributed by atoms with E-state index in [1.807, 2.05) is 0 Å². The van der Waals surface area contributed by atoms with Crippen molar-refractivity contribution in [1.82, 2.24) is 15.1 Å². The van der Waals surface area contributed by atoms with Crippen LogP contribution in [0.4, 0.5) is 0 Å². The maximum Gasteiger partial charge on any atom is 0.0640 e. The topological polar surface area (TPSA) is 29.9 Å². The highest BCUT2D eigenvalue weighted by Crippen LogP contribution is 2.33. The minimum absolute atomic E-state index is 0.456. The van der Waals surface area contributed by atoms with E-state index in [4.69, 9.17) is 5.10 Å². The molecule has 3 nitrogen and oxygen atoms in total. The largest absolute Gasteiger partial charge is 0.313 e. The van der Waals surface area contributed by atoms with Crippen LogP contribution in [-0.2, 0) is 6.42 Å². The molecule has 0 radical (unpaired) electrons. The van der Waals surface area contributed by atoms with Gasteiger partial charge in [0.25, 0.3) is 0 Å². The molecule has 1 aliphatic carbocycles. The lowest BCUT2D eigenvalue weighted by molar-refractivity contribution is 0.345. The van der Waals surface area contributed by atoms with Gasteiger partial charge in [0.15, 0.2) is 0 Å². The van der Waals surface area contributed by atoms with Crippen LogP contribution in [0.3, 0.4) is 0 Å². The Morgan fingerprint density at radius 1 is 1.40 bits per heavy atom. The van der Waals surface area contributed by atoms with Gasteiger partial charge in [0.1, 0.15) is 0 Å². The Balaban J connectivity index is 1.98. The zero-order chi connectivity index (χ0) is 14.5. The van der Waals surface area contributed by atoms with Gasteiger partial charge in [0, 0.05) is 24.7 Å². The number of aromatic nitrogens is 2. The van der Waals surface area contributed by atoms with Crippen molar-refractivity contribution < 1.29 is 0 Å². The van der Waals surface area contributed by atoms with Gasteiger partial charge in [-0.2, -0.15) is 5.10 Å². The van der Waals surface area contributed by atoms with E-state index in [9.17, 15) is 0 Å². The number of nitrogens with zero attached hydrogens (tertiary/aromatic N) is 2. The van der Waals surface area contributed by atoms with E-state index < -0.39 is 0 Å². The molecule has 0 amide bonds. The van der Waals surface area contributed by atoms with E-state index in [1.165, 1.54) is 31.4 Å². The van der Waals surface area contributed by atoms with Crippen LogP contribution < -0.4 is 5.32 Å². The summed E-state index contributed by atoms with van der Waals surface area (Å²) in [6, 6.07) is 3.26. The van der Waals surface area contributed by atoms with E-state index in [1.54, 1.807) is 0 Å². The first-order valence-corrected chi connectivity index (χ1v) is 8.37. The average molecular weight is 277 g/mol. The summed E-state index contributed by atoms with van der Waals surface area (Å²) in [7, 11) is 0. The summed E-state index contributed by atoms with van der Waals surface area (Å²) < 4.78 is 2.07. The van der Waals surface area contributed by atoms with E-state index in [0.29, 0.717) is 12.1 Å². The third-order valence-electron chi connectivity index (χ3n) is 4.58. The smallest absolute Gasteiger partial charge is 0.0640 e. The lowest BCUT2D eigenvalue weighted by Gasteiger charge is -2.24. The highest BCUT2D eigenvalue weighted by molar-refractivity contribution is 5.03. The van der Waals surface area contributed by atoms with E-state index in [-0.39, 0.29) is 0 Å². The van der Waals surface area contributed by atoms with Crippen LogP contribution in [0.2, 0.25) is 0 Å². The quantitative estimate of drug-likeness (QED) is 0.821. The van der Waals surface area contributed by atoms with Crippen molar-refractivity contribution in [3.8, 4) is 0 Å². The van der Waals surface area contributed by atoms with Crippen LogP contribution in [0.25, 0.3) is 0 Å². The molecule has 114 valence electrons. The monoisotopic (exact) mass is 277 g/mol. The minimum atomic E-state index is 0.456. The molecule has 0 bridgehead atoms. The Morgan fingerprint density at radius 2 is 2.20 bits per heavy atom. The summed E-state index contributed by atoms with van der Waals surface area (Å²) >= 11 is 0. The van der Waals surface area contributed by atoms with Gasteiger partial charge in [-0.25, -0.2) is 0 Å². The average Bonchev–Trinajstić information content (AvgIpc) is 3.03. The maximum atomic E-state index is 4.72. The second kappa shape index (κ2) is 7.26. The van der Waals surface area contributed by atoms with Crippen LogP contribution in [0.1, 0.15) is 65.1 Å². The van der Waals surface area contributed by atoms with Crippen LogP contribution >= 0.6 is 0 Å². The van der Waals surface area contributed by atoms with E-state index in [2.05, 4.69) is 50.0 Å². The van der Waals surface area contributed by atoms with E-state index >= 15 is 0 Å². The fourth-order valence-electron chi connectivity index (χ4n) is 3.35. The number of nitrogens with one attached hydrogen (secondary N) is 1. The van der Waals surface area contributed by atoms with Crippen molar-refractivity contribution >= 4 is 0 Å². The van der Waals surface area contributed by atoms with Crippen LogP contribution in [0.5, 0.6) is 0 Å². The lowest BCUT2D eigenvalue weighted by atomic mass is 9.93. The van der Waals surface area contributed by atoms with Crippen LogP contribution in [-0.4, -0.2) is 22.4 Å². The number of hydrogen-bond donors (Lipinski definition) is 1. The van der Waals surface area contributed by atoms with Gasteiger partial charge in [-0.05, 0) is 57.6 Å². The summed E-state index contributed by atoms with van der Waals surface area (Å²) in [5.74, 6) is 1.74. The molecule has 2 rings (SSSR count). The molecule has 1 aromatic rings. The molecule has 1 fully saturated rings. The molecule has 1 aliphatic rings. The Hall–Kier alpha value is -0.830. The molecule has 0 aliphatic heterocycles. The Labute approximate surface area is 124 Å². The summed E-state index contributed by atoms with van der Waals surface area (Å²) in [6.07, 6.45) is 8.57. The third-order valence-corrected chi connectivity index (χ3v) is 4.58. The van der Waals surface area contributed by atoms with Gasteiger partial charge in [0.05, 0.1) is 5.69 Å². The second-order valence-corrected chi connectivity index (χ2v) is 6.82. The summed E-state index contributed by atoms with van der Waals surface area (Å²) in [5.41, 5.74) is 1.24. The first-order chi connectivity index (χ1) is 9.60. The summed E-state index contributed by atoms with van der Waals surface area (Å²) in [4.78, 5) is 0. The third kappa shape index (κ3) is 4.08. The molecule has 1 saturated carbocycles. The SMILES string of the molecule is CCCNC(Cc1ccn(C(C)C)n1)C1CCC(C)C1. The van der Waals surface area contributed by atoms with E-state index in [0.717, 1.165) is 24.8 Å². The molecule has 0 aromatic carbocycles.